The fraction of sp³-hybridized carbons (Fsp3) is 0.522. The van der Waals surface area contributed by atoms with E-state index in [9.17, 15) is 40.7 Å². The first-order valence-corrected chi connectivity index (χ1v) is 11.9. The number of anilines is 2. The zero-order valence-electron chi connectivity index (χ0n) is 20.5. The molecule has 2 amide bonds. The molecule has 2 aliphatic heterocycles. The lowest BCUT2D eigenvalue weighted by Gasteiger charge is -2.44. The maximum Gasteiger partial charge on any atom is 0.423 e. The molecule has 0 aromatic carbocycles. The number of hydrogen-bond acceptors (Lipinski definition) is 8. The lowest BCUT2D eigenvalue weighted by atomic mass is 9.95. The average molecular weight is 562 g/mol. The number of nitrogens with zero attached hydrogens (tertiary/aromatic N) is 4. The number of aromatic nitrogens is 3. The maximum atomic E-state index is 13.2. The third-order valence-electron chi connectivity index (χ3n) is 6.40. The number of carbonyl (C=O) groups is 2. The summed E-state index contributed by atoms with van der Waals surface area (Å²) in [5.41, 5.74) is -3.79. The van der Waals surface area contributed by atoms with Crippen LogP contribution in [0, 0.1) is 0 Å². The number of aryl methyl sites for hydroxylation is 1. The van der Waals surface area contributed by atoms with Gasteiger partial charge in [0.15, 0.2) is 0 Å². The van der Waals surface area contributed by atoms with Gasteiger partial charge in [0.25, 0.3) is 5.56 Å². The molecule has 2 atom stereocenters. The first-order chi connectivity index (χ1) is 18.3. The smallest absolute Gasteiger partial charge is 0.379 e. The Morgan fingerprint density at radius 2 is 1.95 bits per heavy atom. The number of rotatable bonds is 7. The summed E-state index contributed by atoms with van der Waals surface area (Å²) in [5, 5.41) is 7.62. The van der Waals surface area contributed by atoms with E-state index in [0.717, 1.165) is 23.4 Å². The second kappa shape index (κ2) is 10.8. The number of fused-ring (bicyclic) bond motifs is 3. The van der Waals surface area contributed by atoms with Crippen LogP contribution in [-0.2, 0) is 33.1 Å². The minimum atomic E-state index is -4.90. The third kappa shape index (κ3) is 6.32. The number of aromatic amines is 1. The number of pyridine rings is 1. The molecule has 212 valence electrons. The zero-order chi connectivity index (χ0) is 28.5. The van der Waals surface area contributed by atoms with Crippen LogP contribution in [0.2, 0.25) is 0 Å². The Bertz CT molecular complexity index is 1300. The normalized spacial score (nSPS) is 18.4. The van der Waals surface area contributed by atoms with Crippen LogP contribution in [-0.4, -0.2) is 70.3 Å². The molecule has 4 rings (SSSR count). The molecule has 2 aromatic rings. The maximum absolute atomic E-state index is 13.2. The average Bonchev–Trinajstić information content (AvgIpc) is 2.84. The van der Waals surface area contributed by atoms with Gasteiger partial charge in [-0.3, -0.25) is 19.3 Å². The van der Waals surface area contributed by atoms with Crippen LogP contribution >= 0.6 is 0 Å². The zero-order valence-corrected chi connectivity index (χ0v) is 20.5. The second-order valence-corrected chi connectivity index (χ2v) is 9.28. The highest BCUT2D eigenvalue weighted by Crippen LogP contribution is 2.36. The lowest BCUT2D eigenvalue weighted by Crippen LogP contribution is -2.59. The van der Waals surface area contributed by atoms with Crippen LogP contribution in [0.1, 0.15) is 36.5 Å². The van der Waals surface area contributed by atoms with Gasteiger partial charge in [-0.15, -0.1) is 0 Å². The van der Waals surface area contributed by atoms with E-state index in [1.54, 1.807) is 10.00 Å². The summed E-state index contributed by atoms with van der Waals surface area (Å²) in [6.07, 6.45) is -7.28. The Balaban J connectivity index is 1.28. The molecule has 1 saturated heterocycles. The summed E-state index contributed by atoms with van der Waals surface area (Å²) >= 11 is 0. The number of nitrogens with one attached hydrogen (secondary N) is 2. The Labute approximate surface area is 217 Å². The number of amides is 2. The molecule has 2 N–H and O–H groups in total. The number of halogens is 6. The molecule has 0 bridgehead atoms. The van der Waals surface area contributed by atoms with Gasteiger partial charge in [-0.2, -0.15) is 31.4 Å². The van der Waals surface area contributed by atoms with Crippen LogP contribution in [0.3, 0.4) is 0 Å². The van der Waals surface area contributed by atoms with Crippen LogP contribution < -0.4 is 15.8 Å². The van der Waals surface area contributed by atoms with Gasteiger partial charge >= 0.3 is 12.4 Å². The number of hydrogen-bond donors (Lipinski definition) is 2. The van der Waals surface area contributed by atoms with Gasteiger partial charge in [-0.05, 0) is 31.4 Å². The van der Waals surface area contributed by atoms with Crippen LogP contribution in [0.4, 0.5) is 37.8 Å². The quantitative estimate of drug-likeness (QED) is 0.391. The molecule has 16 heteroatoms. The molecule has 39 heavy (non-hydrogen) atoms. The van der Waals surface area contributed by atoms with Crippen molar-refractivity contribution in [2.24, 2.45) is 0 Å². The highest BCUT2D eigenvalue weighted by molar-refractivity contribution is 5.98. The van der Waals surface area contributed by atoms with E-state index in [1.165, 1.54) is 6.92 Å². The molecule has 0 spiro atoms. The lowest BCUT2D eigenvalue weighted by molar-refractivity contribution is -0.147. The van der Waals surface area contributed by atoms with Crippen LogP contribution in [0.5, 0.6) is 0 Å². The SMILES string of the molecule is C[C@@H](COCCC(=O)N1CC2CCc3cc(C(F)(F)F)cnc3N2CC1=O)Nc1cn[nH]c(=O)c1C(F)(F)F. The predicted octanol–water partition coefficient (Wildman–Crippen LogP) is 2.60. The van der Waals surface area contributed by atoms with Gasteiger partial charge in [0, 0.05) is 24.8 Å². The van der Waals surface area contributed by atoms with E-state index in [-0.39, 0.29) is 38.8 Å². The number of carbonyl (C=O) groups excluding carboxylic acids is 2. The number of ether oxygens (including phenoxy) is 1. The topological polar surface area (TPSA) is 121 Å². The van der Waals surface area contributed by atoms with Crippen molar-refractivity contribution < 1.29 is 40.7 Å². The number of H-pyrrole nitrogens is 1. The van der Waals surface area contributed by atoms with Gasteiger partial charge in [0.1, 0.15) is 11.4 Å². The molecule has 10 nitrogen and oxygen atoms in total. The van der Waals surface area contributed by atoms with E-state index in [0.29, 0.717) is 24.2 Å². The molecule has 0 saturated carbocycles. The minimum absolute atomic E-state index is 0.0491. The summed E-state index contributed by atoms with van der Waals surface area (Å²) in [7, 11) is 0. The van der Waals surface area contributed by atoms with Crippen molar-refractivity contribution in [3.05, 3.63) is 45.5 Å². The molecule has 0 radical (unpaired) electrons. The van der Waals surface area contributed by atoms with Crippen molar-refractivity contribution in [3.63, 3.8) is 0 Å². The highest BCUT2D eigenvalue weighted by atomic mass is 19.4. The van der Waals surface area contributed by atoms with Crippen molar-refractivity contribution in [1.29, 1.82) is 0 Å². The first-order valence-electron chi connectivity index (χ1n) is 11.9. The van der Waals surface area contributed by atoms with E-state index in [4.69, 9.17) is 4.74 Å². The molecular formula is C23H24F6N6O4. The fourth-order valence-corrected chi connectivity index (χ4v) is 4.58. The highest BCUT2D eigenvalue weighted by Gasteiger charge is 2.40. The Morgan fingerprint density at radius 1 is 1.21 bits per heavy atom. The molecule has 4 heterocycles. The van der Waals surface area contributed by atoms with Crippen molar-refractivity contribution in [3.8, 4) is 0 Å². The van der Waals surface area contributed by atoms with Gasteiger partial charge in [-0.25, -0.2) is 10.1 Å². The summed E-state index contributed by atoms with van der Waals surface area (Å²) in [4.78, 5) is 43.6. The Hall–Kier alpha value is -3.69. The van der Waals surface area contributed by atoms with Crippen molar-refractivity contribution in [2.75, 3.05) is 36.5 Å². The molecule has 2 aromatic heterocycles. The van der Waals surface area contributed by atoms with Crippen molar-refractivity contribution in [2.45, 2.75) is 50.6 Å². The number of imide groups is 1. The molecule has 0 aliphatic carbocycles. The molecule has 1 unspecified atom stereocenters. The number of piperazine rings is 1. The van der Waals surface area contributed by atoms with Crippen LogP contribution in [0.25, 0.3) is 0 Å². The molecule has 2 aliphatic rings. The summed E-state index contributed by atoms with van der Waals surface area (Å²) in [5.74, 6) is -0.735. The Kier molecular flexibility index (Phi) is 7.86. The van der Waals surface area contributed by atoms with Gasteiger partial charge in [-0.1, -0.05) is 0 Å². The van der Waals surface area contributed by atoms with E-state index in [1.807, 2.05) is 0 Å². The summed E-state index contributed by atoms with van der Waals surface area (Å²) < 4.78 is 83.9. The predicted molar refractivity (Wildman–Crippen MR) is 124 cm³/mol. The van der Waals surface area contributed by atoms with Crippen molar-refractivity contribution in [1.82, 2.24) is 20.1 Å². The fourth-order valence-electron chi connectivity index (χ4n) is 4.58. The Morgan fingerprint density at radius 3 is 2.64 bits per heavy atom. The standard InChI is InChI=1S/C23H24F6N6O4/c1-12(32-16-8-31-33-21(38)19(16)23(27,28)29)11-39-5-4-17(36)35-9-15-3-2-13-6-14(22(24,25)26)7-30-20(13)34(15)10-18(35)37/h6-8,12,15H,2-5,9-11H2,1H3,(H2,32,33,38)/t12-,15?/m0/s1. The third-order valence-corrected chi connectivity index (χ3v) is 6.40. The first kappa shape index (κ1) is 28.3. The second-order valence-electron chi connectivity index (χ2n) is 9.28. The summed E-state index contributed by atoms with van der Waals surface area (Å²) in [6, 6.07) is 0.0611. The monoisotopic (exact) mass is 562 g/mol. The van der Waals surface area contributed by atoms with E-state index < -0.39 is 52.6 Å². The minimum Gasteiger partial charge on any atom is -0.379 e. The molecule has 1 fully saturated rings. The van der Waals surface area contributed by atoms with Crippen LogP contribution in [0.15, 0.2) is 23.3 Å². The number of alkyl halides is 6. The van der Waals surface area contributed by atoms with Gasteiger partial charge < -0.3 is 15.0 Å². The van der Waals surface area contributed by atoms with E-state index >= 15 is 0 Å². The van der Waals surface area contributed by atoms with Gasteiger partial charge in [0.05, 0.1) is 43.6 Å². The largest absolute Gasteiger partial charge is 0.423 e. The molecular weight excluding hydrogens is 538 g/mol. The van der Waals surface area contributed by atoms with Crippen molar-refractivity contribution >= 4 is 23.3 Å². The van der Waals surface area contributed by atoms with E-state index in [2.05, 4.69) is 15.4 Å². The summed E-state index contributed by atoms with van der Waals surface area (Å²) in [6.45, 7) is 1.12. The van der Waals surface area contributed by atoms with Gasteiger partial charge in [0.2, 0.25) is 11.8 Å².